The van der Waals surface area contributed by atoms with Gasteiger partial charge in [0.1, 0.15) is 0 Å². The minimum Gasteiger partial charge on any atom is -0.478 e. The Hall–Kier alpha value is -2.81. The van der Waals surface area contributed by atoms with Crippen molar-refractivity contribution in [1.82, 2.24) is 0 Å². The molecule has 0 bridgehead atoms. The molecule has 1 rings (SSSR count). The summed E-state index contributed by atoms with van der Waals surface area (Å²) in [4.78, 5) is 36.4. The van der Waals surface area contributed by atoms with Crippen LogP contribution >= 0.6 is 0 Å². The maximum absolute atomic E-state index is 10.00. The van der Waals surface area contributed by atoms with Gasteiger partial charge in [-0.2, -0.15) is 9.98 Å². The Morgan fingerprint density at radius 3 is 2.21 bits per heavy atom. The number of hydrogen-bond donors (Lipinski definition) is 1. The molecule has 0 unspecified atom stereocenters. The maximum atomic E-state index is 10.00. The van der Waals surface area contributed by atoms with Gasteiger partial charge in [-0.15, -0.1) is 0 Å². The average molecular weight is 260 g/mol. The summed E-state index contributed by atoms with van der Waals surface area (Å²) in [6.45, 7) is 6.40. The summed E-state index contributed by atoms with van der Waals surface area (Å²) >= 11 is 0. The molecule has 0 aliphatic rings. The van der Waals surface area contributed by atoms with E-state index >= 15 is 0 Å². The van der Waals surface area contributed by atoms with Crippen molar-refractivity contribution < 1.29 is 19.5 Å². The Morgan fingerprint density at radius 2 is 1.79 bits per heavy atom. The molecule has 0 spiro atoms. The van der Waals surface area contributed by atoms with Crippen LogP contribution in [0.25, 0.3) is 0 Å². The number of carboxylic acids is 1. The van der Waals surface area contributed by atoms with Gasteiger partial charge in [0, 0.05) is 5.57 Å². The topological polar surface area (TPSA) is 96.2 Å². The normalized spacial score (nSPS) is 8.11. The van der Waals surface area contributed by atoms with Gasteiger partial charge < -0.3 is 5.11 Å². The summed E-state index contributed by atoms with van der Waals surface area (Å²) in [7, 11) is 0. The molecule has 0 atom stereocenters. The standard InChI is InChI=1S/C9H6N2O2.C4H6O2/c1-7-2-3-8(10-5-12)4-9(7)11-6-13;1-3(2)4(5)6/h2-4H,1H3;1H2,2H3,(H,5,6). The molecule has 0 aliphatic carbocycles. The summed E-state index contributed by atoms with van der Waals surface area (Å²) in [6, 6.07) is 4.88. The van der Waals surface area contributed by atoms with Crippen molar-refractivity contribution >= 4 is 29.5 Å². The molecule has 1 N–H and O–H groups in total. The zero-order valence-corrected chi connectivity index (χ0v) is 10.5. The highest BCUT2D eigenvalue weighted by Crippen LogP contribution is 2.23. The SMILES string of the molecule is C=C(C)C(=O)O.Cc1ccc(N=C=O)cc1N=C=O. The van der Waals surface area contributed by atoms with E-state index in [9.17, 15) is 14.4 Å². The summed E-state index contributed by atoms with van der Waals surface area (Å²) < 4.78 is 0. The van der Waals surface area contributed by atoms with Gasteiger partial charge in [0.2, 0.25) is 12.2 Å². The number of carbonyl (C=O) groups is 1. The second-order valence-corrected chi connectivity index (χ2v) is 3.46. The smallest absolute Gasteiger partial charge is 0.330 e. The fourth-order valence-electron chi connectivity index (χ4n) is 0.890. The third kappa shape index (κ3) is 6.48. The summed E-state index contributed by atoms with van der Waals surface area (Å²) in [5.74, 6) is -0.935. The first-order valence-corrected chi connectivity index (χ1v) is 5.07. The Bertz CT molecular complexity index is 568. The molecule has 0 saturated heterocycles. The molecule has 0 heterocycles. The van der Waals surface area contributed by atoms with Crippen molar-refractivity contribution in [2.75, 3.05) is 0 Å². The van der Waals surface area contributed by atoms with E-state index in [2.05, 4.69) is 16.6 Å². The zero-order valence-electron chi connectivity index (χ0n) is 10.5. The largest absolute Gasteiger partial charge is 0.478 e. The molecule has 98 valence electrons. The van der Waals surface area contributed by atoms with Crippen LogP contribution in [0.15, 0.2) is 40.3 Å². The molecule has 1 aromatic rings. The predicted molar refractivity (Wildman–Crippen MR) is 69.2 cm³/mol. The Morgan fingerprint density at radius 1 is 1.26 bits per heavy atom. The molecule has 0 saturated carbocycles. The van der Waals surface area contributed by atoms with E-state index in [0.717, 1.165) is 5.56 Å². The van der Waals surface area contributed by atoms with E-state index in [-0.39, 0.29) is 5.57 Å². The van der Waals surface area contributed by atoms with Crippen molar-refractivity contribution in [2.24, 2.45) is 9.98 Å². The second-order valence-electron chi connectivity index (χ2n) is 3.46. The van der Waals surface area contributed by atoms with Gasteiger partial charge in [0.05, 0.1) is 11.4 Å². The summed E-state index contributed by atoms with van der Waals surface area (Å²) in [6.07, 6.45) is 2.84. The lowest BCUT2D eigenvalue weighted by Crippen LogP contribution is -1.92. The fraction of sp³-hybridized carbons (Fsp3) is 0.154. The first-order chi connectivity index (χ1) is 8.92. The van der Waals surface area contributed by atoms with E-state index < -0.39 is 5.97 Å². The molecule has 0 aromatic heterocycles. The van der Waals surface area contributed by atoms with Crippen molar-refractivity contribution in [1.29, 1.82) is 0 Å². The lowest BCUT2D eigenvalue weighted by atomic mass is 10.2. The van der Waals surface area contributed by atoms with Crippen LogP contribution in [0.2, 0.25) is 0 Å². The van der Waals surface area contributed by atoms with E-state index in [1.807, 2.05) is 0 Å². The number of carbonyl (C=O) groups excluding carboxylic acids is 2. The zero-order chi connectivity index (χ0) is 14.8. The third-order valence-corrected chi connectivity index (χ3v) is 1.90. The molecule has 6 heteroatoms. The summed E-state index contributed by atoms with van der Waals surface area (Å²) in [5, 5.41) is 7.89. The summed E-state index contributed by atoms with van der Waals surface area (Å²) in [5.41, 5.74) is 1.89. The van der Waals surface area contributed by atoms with Crippen LogP contribution in [0, 0.1) is 6.92 Å². The molecule has 6 nitrogen and oxygen atoms in total. The van der Waals surface area contributed by atoms with Crippen molar-refractivity contribution in [2.45, 2.75) is 13.8 Å². The number of isocyanates is 2. The minimum absolute atomic E-state index is 0.176. The molecular weight excluding hydrogens is 248 g/mol. The predicted octanol–water partition coefficient (Wildman–Crippen LogP) is 2.58. The average Bonchev–Trinajstić information content (AvgIpc) is 2.35. The fourth-order valence-corrected chi connectivity index (χ4v) is 0.890. The lowest BCUT2D eigenvalue weighted by Gasteiger charge is -1.97. The van der Waals surface area contributed by atoms with Gasteiger partial charge in [-0.25, -0.2) is 14.4 Å². The number of carboxylic acid groups (broad SMARTS) is 1. The van der Waals surface area contributed by atoms with E-state index in [0.29, 0.717) is 11.4 Å². The Balaban J connectivity index is 0.000000459. The number of hydrogen-bond acceptors (Lipinski definition) is 5. The minimum atomic E-state index is -0.935. The van der Waals surface area contributed by atoms with Crippen LogP contribution in [0.4, 0.5) is 11.4 Å². The van der Waals surface area contributed by atoms with Crippen LogP contribution < -0.4 is 0 Å². The highest BCUT2D eigenvalue weighted by molar-refractivity contribution is 5.84. The number of rotatable bonds is 3. The van der Waals surface area contributed by atoms with Gasteiger partial charge >= 0.3 is 5.97 Å². The molecule has 1 aromatic carbocycles. The molecule has 0 fully saturated rings. The highest BCUT2D eigenvalue weighted by Gasteiger charge is 1.97. The van der Waals surface area contributed by atoms with Gasteiger partial charge in [-0.05, 0) is 31.5 Å². The molecule has 19 heavy (non-hydrogen) atoms. The van der Waals surface area contributed by atoms with E-state index in [4.69, 9.17) is 5.11 Å². The number of benzene rings is 1. The van der Waals surface area contributed by atoms with Crippen LogP contribution in [0.5, 0.6) is 0 Å². The van der Waals surface area contributed by atoms with E-state index in [1.165, 1.54) is 25.1 Å². The molecule has 0 aliphatic heterocycles. The van der Waals surface area contributed by atoms with Crippen LogP contribution in [-0.4, -0.2) is 23.2 Å². The second kappa shape index (κ2) is 8.31. The van der Waals surface area contributed by atoms with Gasteiger partial charge in [-0.3, -0.25) is 0 Å². The lowest BCUT2D eigenvalue weighted by molar-refractivity contribution is -0.132. The molecule has 0 amide bonds. The van der Waals surface area contributed by atoms with Crippen molar-refractivity contribution in [3.8, 4) is 0 Å². The number of aryl methyl sites for hydroxylation is 1. The maximum Gasteiger partial charge on any atom is 0.330 e. The Labute approximate surface area is 109 Å². The third-order valence-electron chi connectivity index (χ3n) is 1.90. The van der Waals surface area contributed by atoms with Gasteiger partial charge in [0.25, 0.3) is 0 Å². The number of nitrogens with zero attached hydrogens (tertiary/aromatic N) is 2. The molecular formula is C13H12N2O4. The first-order valence-electron chi connectivity index (χ1n) is 5.07. The van der Waals surface area contributed by atoms with Crippen LogP contribution in [0.3, 0.4) is 0 Å². The highest BCUT2D eigenvalue weighted by atomic mass is 16.4. The van der Waals surface area contributed by atoms with Crippen LogP contribution in [-0.2, 0) is 14.4 Å². The monoisotopic (exact) mass is 260 g/mol. The van der Waals surface area contributed by atoms with Crippen molar-refractivity contribution in [3.05, 3.63) is 35.9 Å². The molecule has 0 radical (unpaired) electrons. The quantitative estimate of drug-likeness (QED) is 0.513. The first kappa shape index (κ1) is 16.2. The van der Waals surface area contributed by atoms with Gasteiger partial charge in [-0.1, -0.05) is 12.6 Å². The Kier molecular flexibility index (Phi) is 7.08. The van der Waals surface area contributed by atoms with Crippen molar-refractivity contribution in [3.63, 3.8) is 0 Å². The number of aliphatic imine (C=N–C) groups is 2. The van der Waals surface area contributed by atoms with E-state index in [1.54, 1.807) is 19.1 Å². The van der Waals surface area contributed by atoms with Gasteiger partial charge in [0.15, 0.2) is 0 Å². The van der Waals surface area contributed by atoms with Crippen LogP contribution in [0.1, 0.15) is 12.5 Å². The number of aliphatic carboxylic acids is 1.